The van der Waals surface area contributed by atoms with E-state index in [1.54, 1.807) is 24.3 Å². The van der Waals surface area contributed by atoms with E-state index in [0.29, 0.717) is 17.1 Å². The van der Waals surface area contributed by atoms with Crippen LogP contribution in [0.4, 0.5) is 4.39 Å². The van der Waals surface area contributed by atoms with E-state index in [0.717, 1.165) is 11.6 Å². The molecule has 0 aliphatic carbocycles. The number of rotatable bonds is 3. The van der Waals surface area contributed by atoms with Gasteiger partial charge in [0.2, 0.25) is 12.6 Å². The maximum atomic E-state index is 13.9. The third-order valence-electron chi connectivity index (χ3n) is 5.93. The number of benzene rings is 3. The monoisotopic (exact) mass is 445 g/mol. The van der Waals surface area contributed by atoms with Gasteiger partial charge in [-0.15, -0.1) is 0 Å². The summed E-state index contributed by atoms with van der Waals surface area (Å²) in [6.45, 7) is 0.292. The second kappa shape index (κ2) is 7.09. The van der Waals surface area contributed by atoms with Crippen LogP contribution in [0.5, 0.6) is 17.2 Å². The topological polar surface area (TPSA) is 89.2 Å². The molecule has 4 aromatic rings. The van der Waals surface area contributed by atoms with E-state index >= 15 is 0 Å². The minimum Gasteiger partial charge on any atom is -0.508 e. The SMILES string of the molecule is O=C1c2oc3ccc(F)cc3c(=O)c2C(c2ccc(O)cc2)N1Cc1ccc2c(c1)OCO2. The van der Waals surface area contributed by atoms with Crippen LogP contribution in [0.1, 0.15) is 33.3 Å². The molecule has 3 aromatic carbocycles. The molecule has 2 aliphatic heterocycles. The first-order valence-electron chi connectivity index (χ1n) is 10.2. The minimum atomic E-state index is -0.776. The van der Waals surface area contributed by atoms with Crippen molar-refractivity contribution in [3.05, 3.63) is 99.2 Å². The van der Waals surface area contributed by atoms with Crippen LogP contribution in [-0.4, -0.2) is 22.7 Å². The van der Waals surface area contributed by atoms with Crippen molar-refractivity contribution in [2.45, 2.75) is 12.6 Å². The van der Waals surface area contributed by atoms with Gasteiger partial charge in [0.25, 0.3) is 5.91 Å². The number of carbonyl (C=O) groups is 1. The van der Waals surface area contributed by atoms with Crippen LogP contribution in [0, 0.1) is 5.82 Å². The molecule has 2 aliphatic rings. The maximum absolute atomic E-state index is 13.9. The summed E-state index contributed by atoms with van der Waals surface area (Å²) in [5.41, 5.74) is 1.20. The molecule has 1 N–H and O–H groups in total. The largest absolute Gasteiger partial charge is 0.508 e. The zero-order valence-corrected chi connectivity index (χ0v) is 17.1. The summed E-state index contributed by atoms with van der Waals surface area (Å²) in [6, 6.07) is 14.5. The molecule has 1 unspecified atom stereocenters. The Kier molecular flexibility index (Phi) is 4.16. The molecule has 1 aromatic heterocycles. The van der Waals surface area contributed by atoms with Gasteiger partial charge in [0.05, 0.1) is 17.0 Å². The number of ether oxygens (including phenoxy) is 2. The van der Waals surface area contributed by atoms with E-state index in [1.165, 1.54) is 29.2 Å². The van der Waals surface area contributed by atoms with E-state index in [2.05, 4.69) is 0 Å². The smallest absolute Gasteiger partial charge is 0.291 e. The fraction of sp³-hybridized carbons (Fsp3) is 0.120. The Hall–Kier alpha value is -4.33. The van der Waals surface area contributed by atoms with Crippen molar-refractivity contribution >= 4 is 16.9 Å². The second-order valence-electron chi connectivity index (χ2n) is 7.93. The number of hydrogen-bond acceptors (Lipinski definition) is 6. The third-order valence-corrected chi connectivity index (χ3v) is 5.93. The highest BCUT2D eigenvalue weighted by molar-refractivity contribution is 5.99. The summed E-state index contributed by atoms with van der Waals surface area (Å²) in [4.78, 5) is 28.4. The lowest BCUT2D eigenvalue weighted by Crippen LogP contribution is -2.29. The molecule has 0 spiro atoms. The van der Waals surface area contributed by atoms with Gasteiger partial charge in [0, 0.05) is 6.54 Å². The first-order chi connectivity index (χ1) is 16.0. The Morgan fingerprint density at radius 1 is 0.970 bits per heavy atom. The van der Waals surface area contributed by atoms with Gasteiger partial charge in [-0.2, -0.15) is 0 Å². The molecule has 6 rings (SSSR count). The van der Waals surface area contributed by atoms with Crippen molar-refractivity contribution in [2.75, 3.05) is 6.79 Å². The van der Waals surface area contributed by atoms with Crippen molar-refractivity contribution in [1.29, 1.82) is 0 Å². The van der Waals surface area contributed by atoms with E-state index in [-0.39, 0.29) is 41.4 Å². The van der Waals surface area contributed by atoms with Gasteiger partial charge in [-0.1, -0.05) is 18.2 Å². The fourth-order valence-electron chi connectivity index (χ4n) is 4.39. The second-order valence-corrected chi connectivity index (χ2v) is 7.93. The Labute approximate surface area is 186 Å². The van der Waals surface area contributed by atoms with Crippen LogP contribution in [-0.2, 0) is 6.54 Å². The van der Waals surface area contributed by atoms with Crippen molar-refractivity contribution in [2.24, 2.45) is 0 Å². The number of nitrogens with zero attached hydrogens (tertiary/aromatic N) is 1. The number of aromatic hydroxyl groups is 1. The fourth-order valence-corrected chi connectivity index (χ4v) is 4.39. The average molecular weight is 445 g/mol. The van der Waals surface area contributed by atoms with Gasteiger partial charge in [-0.05, 0) is 53.6 Å². The molecule has 164 valence electrons. The van der Waals surface area contributed by atoms with Crippen molar-refractivity contribution in [3.8, 4) is 17.2 Å². The molecule has 0 bridgehead atoms. The first-order valence-corrected chi connectivity index (χ1v) is 10.2. The molecule has 0 radical (unpaired) electrons. The molecule has 1 atom stereocenters. The van der Waals surface area contributed by atoms with E-state index in [4.69, 9.17) is 13.9 Å². The maximum Gasteiger partial charge on any atom is 0.291 e. The van der Waals surface area contributed by atoms with Crippen LogP contribution in [0.3, 0.4) is 0 Å². The predicted octanol–water partition coefficient (Wildman–Crippen LogP) is 4.11. The molecular weight excluding hydrogens is 429 g/mol. The van der Waals surface area contributed by atoms with Crippen molar-refractivity contribution < 1.29 is 28.2 Å². The minimum absolute atomic E-state index is 0.0539. The number of hydrogen-bond donors (Lipinski definition) is 1. The average Bonchev–Trinajstić information content (AvgIpc) is 3.38. The quantitative estimate of drug-likeness (QED) is 0.511. The molecule has 3 heterocycles. The van der Waals surface area contributed by atoms with E-state index in [1.807, 2.05) is 6.07 Å². The standard InChI is InChI=1S/C25H16FNO6/c26-15-4-8-18-17(10-15)23(29)21-22(14-2-5-16(28)6-3-14)27(25(30)24(21)33-18)11-13-1-7-19-20(9-13)32-12-31-19/h1-10,22,28H,11-12H2. The lowest BCUT2D eigenvalue weighted by Gasteiger charge is -2.25. The first kappa shape index (κ1) is 19.4. The highest BCUT2D eigenvalue weighted by atomic mass is 19.1. The molecule has 0 saturated carbocycles. The summed E-state index contributed by atoms with van der Waals surface area (Å²) >= 11 is 0. The molecule has 0 saturated heterocycles. The lowest BCUT2D eigenvalue weighted by molar-refractivity contribution is 0.0714. The Bertz CT molecular complexity index is 1490. The molecular formula is C25H16FNO6. The Balaban J connectivity index is 1.52. The summed E-state index contributed by atoms with van der Waals surface area (Å²) < 4.78 is 30.5. The molecule has 33 heavy (non-hydrogen) atoms. The van der Waals surface area contributed by atoms with E-state index in [9.17, 15) is 19.1 Å². The van der Waals surface area contributed by atoms with Gasteiger partial charge < -0.3 is 23.9 Å². The van der Waals surface area contributed by atoms with Crippen LogP contribution < -0.4 is 14.9 Å². The van der Waals surface area contributed by atoms with Gasteiger partial charge in [-0.25, -0.2) is 4.39 Å². The number of amides is 1. The number of phenolic OH excluding ortho intramolecular Hbond substituents is 1. The van der Waals surface area contributed by atoms with Crippen molar-refractivity contribution in [1.82, 2.24) is 4.90 Å². The van der Waals surface area contributed by atoms with Gasteiger partial charge >= 0.3 is 0 Å². The van der Waals surface area contributed by atoms with Crippen LogP contribution >= 0.6 is 0 Å². The Morgan fingerprint density at radius 2 is 1.76 bits per heavy atom. The highest BCUT2D eigenvalue weighted by Crippen LogP contribution is 2.40. The molecule has 1 amide bonds. The normalized spacial score (nSPS) is 16.5. The van der Waals surface area contributed by atoms with E-state index < -0.39 is 23.2 Å². The summed E-state index contributed by atoms with van der Waals surface area (Å²) in [5, 5.41) is 9.80. The zero-order valence-electron chi connectivity index (χ0n) is 17.1. The molecule has 8 heteroatoms. The van der Waals surface area contributed by atoms with Crippen LogP contribution in [0.15, 0.2) is 69.9 Å². The van der Waals surface area contributed by atoms with Crippen molar-refractivity contribution in [3.63, 3.8) is 0 Å². The van der Waals surface area contributed by atoms with Gasteiger partial charge in [0.15, 0.2) is 16.9 Å². The zero-order chi connectivity index (χ0) is 22.7. The summed E-state index contributed by atoms with van der Waals surface area (Å²) in [6.07, 6.45) is 0. The van der Waals surface area contributed by atoms with Crippen LogP contribution in [0.2, 0.25) is 0 Å². The number of fused-ring (bicyclic) bond motifs is 3. The molecule has 0 fully saturated rings. The van der Waals surface area contributed by atoms with Gasteiger partial charge in [0.1, 0.15) is 17.1 Å². The summed E-state index contributed by atoms with van der Waals surface area (Å²) in [5.74, 6) is 0.154. The third kappa shape index (κ3) is 3.02. The van der Waals surface area contributed by atoms with Crippen LogP contribution in [0.25, 0.3) is 11.0 Å². The highest BCUT2D eigenvalue weighted by Gasteiger charge is 2.42. The molecule has 7 nitrogen and oxygen atoms in total. The number of carbonyl (C=O) groups excluding carboxylic acids is 1. The van der Waals surface area contributed by atoms with Gasteiger partial charge in [-0.3, -0.25) is 9.59 Å². The predicted molar refractivity (Wildman–Crippen MR) is 115 cm³/mol. The summed E-state index contributed by atoms with van der Waals surface area (Å²) in [7, 11) is 0. The lowest BCUT2D eigenvalue weighted by atomic mass is 9.98. The number of phenols is 1. The Morgan fingerprint density at radius 3 is 2.58 bits per heavy atom. The number of halogens is 1.